The molecular formula is C25H29N5O. The van der Waals surface area contributed by atoms with Crippen molar-refractivity contribution in [2.24, 2.45) is 7.05 Å². The number of fused-ring (bicyclic) bond motifs is 1. The molecule has 1 amide bonds. The van der Waals surface area contributed by atoms with E-state index in [1.165, 1.54) is 36.1 Å². The summed E-state index contributed by atoms with van der Waals surface area (Å²) in [7, 11) is 1.95. The first-order chi connectivity index (χ1) is 15.1. The van der Waals surface area contributed by atoms with Gasteiger partial charge in [-0.1, -0.05) is 30.3 Å². The molecule has 3 heterocycles. The lowest BCUT2D eigenvalue weighted by molar-refractivity contribution is 0.0672. The van der Waals surface area contributed by atoms with Gasteiger partial charge in [0.25, 0.3) is 5.91 Å². The Bertz CT molecular complexity index is 1140. The predicted molar refractivity (Wildman–Crippen MR) is 119 cm³/mol. The molecule has 0 unspecified atom stereocenters. The topological polar surface area (TPSA) is 56.0 Å². The molecule has 6 nitrogen and oxygen atoms in total. The van der Waals surface area contributed by atoms with E-state index < -0.39 is 0 Å². The molecule has 2 fully saturated rings. The first-order valence-corrected chi connectivity index (χ1v) is 11.6. The number of aryl methyl sites for hydroxylation is 1. The number of hydrogen-bond donors (Lipinski definition) is 0. The minimum absolute atomic E-state index is 0.0349. The second-order valence-corrected chi connectivity index (χ2v) is 9.37. The average Bonchev–Trinajstić information content (AvgIpc) is 3.39. The number of carbonyl (C=O) groups is 1. The molecule has 1 atom stereocenters. The lowest BCUT2D eigenvalue weighted by Gasteiger charge is -2.33. The van der Waals surface area contributed by atoms with Crippen LogP contribution in [-0.2, 0) is 13.5 Å². The molecule has 0 bridgehead atoms. The lowest BCUT2D eigenvalue weighted by Crippen LogP contribution is -2.39. The molecule has 31 heavy (non-hydrogen) atoms. The highest BCUT2D eigenvalue weighted by molar-refractivity contribution is 5.96. The van der Waals surface area contributed by atoms with E-state index in [0.717, 1.165) is 42.8 Å². The van der Waals surface area contributed by atoms with Gasteiger partial charge < -0.3 is 4.90 Å². The van der Waals surface area contributed by atoms with Crippen molar-refractivity contribution in [2.75, 3.05) is 6.54 Å². The van der Waals surface area contributed by atoms with Gasteiger partial charge >= 0.3 is 0 Å². The van der Waals surface area contributed by atoms with Gasteiger partial charge in [0, 0.05) is 30.6 Å². The van der Waals surface area contributed by atoms with Crippen LogP contribution in [-0.4, -0.2) is 36.9 Å². The van der Waals surface area contributed by atoms with Crippen LogP contribution in [0.4, 0.5) is 0 Å². The summed E-state index contributed by atoms with van der Waals surface area (Å²) < 4.78 is 4.16. The molecule has 3 aromatic rings. The fraction of sp³-hybridized carbons (Fsp3) is 0.480. The highest BCUT2D eigenvalue weighted by Gasteiger charge is 2.38. The van der Waals surface area contributed by atoms with Gasteiger partial charge in [0.1, 0.15) is 0 Å². The van der Waals surface area contributed by atoms with Crippen molar-refractivity contribution >= 4 is 5.91 Å². The number of amides is 1. The normalized spacial score (nSPS) is 21.1. The monoisotopic (exact) mass is 415 g/mol. The third kappa shape index (κ3) is 2.95. The van der Waals surface area contributed by atoms with Crippen molar-refractivity contribution < 1.29 is 4.79 Å². The first-order valence-electron chi connectivity index (χ1n) is 11.6. The van der Waals surface area contributed by atoms with Gasteiger partial charge in [-0.15, -0.1) is 0 Å². The molecule has 1 aromatic carbocycles. The molecule has 0 N–H and O–H groups in total. The van der Waals surface area contributed by atoms with Crippen molar-refractivity contribution in [2.45, 2.75) is 63.5 Å². The highest BCUT2D eigenvalue weighted by Crippen LogP contribution is 2.44. The van der Waals surface area contributed by atoms with Crippen LogP contribution in [0.5, 0.6) is 0 Å². The van der Waals surface area contributed by atoms with Gasteiger partial charge in [-0.2, -0.15) is 10.2 Å². The van der Waals surface area contributed by atoms with E-state index in [1.807, 2.05) is 16.6 Å². The summed E-state index contributed by atoms with van der Waals surface area (Å²) in [6, 6.07) is 11.1. The average molecular weight is 416 g/mol. The Hall–Kier alpha value is -2.89. The van der Waals surface area contributed by atoms with Crippen molar-refractivity contribution in [3.05, 3.63) is 59.0 Å². The van der Waals surface area contributed by atoms with E-state index in [0.29, 0.717) is 12.0 Å². The molecule has 6 heteroatoms. The molecule has 0 radical (unpaired) electrons. The minimum atomic E-state index is -0.0349. The third-order valence-electron chi connectivity index (χ3n) is 7.41. The predicted octanol–water partition coefficient (Wildman–Crippen LogP) is 4.65. The van der Waals surface area contributed by atoms with E-state index in [2.05, 4.69) is 47.0 Å². The minimum Gasteiger partial charge on any atom is -0.330 e. The summed E-state index contributed by atoms with van der Waals surface area (Å²) in [6.07, 6.45) is 8.59. The summed E-state index contributed by atoms with van der Waals surface area (Å²) >= 11 is 0. The molecule has 160 valence electrons. The second-order valence-electron chi connectivity index (χ2n) is 9.37. The van der Waals surface area contributed by atoms with Crippen molar-refractivity contribution in [3.63, 3.8) is 0 Å². The molecule has 2 aliphatic carbocycles. The van der Waals surface area contributed by atoms with Gasteiger partial charge in [-0.05, 0) is 45.4 Å². The molecule has 0 saturated heterocycles. The van der Waals surface area contributed by atoms with Crippen LogP contribution in [0.3, 0.4) is 0 Å². The van der Waals surface area contributed by atoms with Crippen LogP contribution in [0, 0.1) is 0 Å². The van der Waals surface area contributed by atoms with E-state index in [9.17, 15) is 4.79 Å². The smallest absolute Gasteiger partial charge is 0.257 e. The van der Waals surface area contributed by atoms with E-state index in [4.69, 9.17) is 5.10 Å². The van der Waals surface area contributed by atoms with Gasteiger partial charge in [-0.3, -0.25) is 14.2 Å². The first kappa shape index (κ1) is 18.8. The number of nitrogens with zero attached hydrogens (tertiary/aromatic N) is 5. The Morgan fingerprint density at radius 3 is 2.55 bits per heavy atom. The lowest BCUT2D eigenvalue weighted by atomic mass is 9.91. The van der Waals surface area contributed by atoms with Crippen molar-refractivity contribution in [1.82, 2.24) is 24.5 Å². The molecular weight excluding hydrogens is 386 g/mol. The zero-order chi connectivity index (χ0) is 21.1. The van der Waals surface area contributed by atoms with E-state index in [1.54, 1.807) is 6.20 Å². The van der Waals surface area contributed by atoms with Crippen LogP contribution in [0.1, 0.15) is 84.3 Å². The second kappa shape index (κ2) is 7.08. The highest BCUT2D eigenvalue weighted by atomic mass is 16.2. The fourth-order valence-electron chi connectivity index (χ4n) is 5.32. The SMILES string of the molecule is C[C@H]1c2nn(C3CCC3)c(-c3ccccc3)c2CCN1C(=O)c1cnn(C)c1C1CC1. The Labute approximate surface area is 182 Å². The van der Waals surface area contributed by atoms with Gasteiger partial charge in [0.05, 0.1) is 40.9 Å². The quantitative estimate of drug-likeness (QED) is 0.623. The molecule has 1 aliphatic heterocycles. The summed E-state index contributed by atoms with van der Waals surface area (Å²) in [4.78, 5) is 15.6. The van der Waals surface area contributed by atoms with Crippen LogP contribution in [0.25, 0.3) is 11.3 Å². The van der Waals surface area contributed by atoms with Crippen molar-refractivity contribution in [3.8, 4) is 11.3 Å². The number of benzene rings is 1. The standard InChI is InChI=1S/C25H29N5O/c1-16-22-20(24(17-7-4-3-5-8-17)30(27-22)19-9-6-10-19)13-14-29(16)25(31)21-15-26-28(2)23(21)18-11-12-18/h3-5,7-8,15-16,18-19H,6,9-14H2,1-2H3/t16-/m0/s1. The molecule has 2 aromatic heterocycles. The fourth-order valence-corrected chi connectivity index (χ4v) is 5.32. The van der Waals surface area contributed by atoms with Gasteiger partial charge in [0.15, 0.2) is 0 Å². The maximum Gasteiger partial charge on any atom is 0.257 e. The largest absolute Gasteiger partial charge is 0.330 e. The van der Waals surface area contributed by atoms with Crippen LogP contribution >= 0.6 is 0 Å². The molecule has 6 rings (SSSR count). The number of rotatable bonds is 4. The van der Waals surface area contributed by atoms with Crippen LogP contribution in [0.15, 0.2) is 36.5 Å². The number of aromatic nitrogens is 4. The summed E-state index contributed by atoms with van der Waals surface area (Å²) in [5, 5.41) is 9.55. The summed E-state index contributed by atoms with van der Waals surface area (Å²) in [5.41, 5.74) is 6.78. The summed E-state index contributed by atoms with van der Waals surface area (Å²) in [5.74, 6) is 0.595. The van der Waals surface area contributed by atoms with Gasteiger partial charge in [-0.25, -0.2) is 0 Å². The Morgan fingerprint density at radius 2 is 1.87 bits per heavy atom. The Kier molecular flexibility index (Phi) is 4.30. The van der Waals surface area contributed by atoms with Crippen molar-refractivity contribution in [1.29, 1.82) is 0 Å². The number of carbonyl (C=O) groups excluding carboxylic acids is 1. The Morgan fingerprint density at radius 1 is 1.10 bits per heavy atom. The van der Waals surface area contributed by atoms with E-state index in [-0.39, 0.29) is 11.9 Å². The Balaban J connectivity index is 1.38. The third-order valence-corrected chi connectivity index (χ3v) is 7.41. The molecule has 2 saturated carbocycles. The zero-order valence-electron chi connectivity index (χ0n) is 18.3. The van der Waals surface area contributed by atoms with Crippen LogP contribution < -0.4 is 0 Å². The van der Waals surface area contributed by atoms with Gasteiger partial charge in [0.2, 0.25) is 0 Å². The molecule has 3 aliphatic rings. The summed E-state index contributed by atoms with van der Waals surface area (Å²) in [6.45, 7) is 2.86. The van der Waals surface area contributed by atoms with Crippen LogP contribution in [0.2, 0.25) is 0 Å². The maximum absolute atomic E-state index is 13.6. The zero-order valence-corrected chi connectivity index (χ0v) is 18.3. The number of hydrogen-bond acceptors (Lipinski definition) is 3. The molecule has 0 spiro atoms. The van der Waals surface area contributed by atoms with E-state index >= 15 is 0 Å². The maximum atomic E-state index is 13.6.